The van der Waals surface area contributed by atoms with Crippen LogP contribution in [-0.4, -0.2) is 0 Å². The highest BCUT2D eigenvalue weighted by Gasteiger charge is 2.22. The molecule has 0 amide bonds. The molecule has 0 unspecified atom stereocenters. The molecule has 0 saturated heterocycles. The van der Waals surface area contributed by atoms with Crippen LogP contribution in [0.2, 0.25) is 0 Å². The molecule has 1 aliphatic rings. The topological polar surface area (TPSA) is 0 Å². The summed E-state index contributed by atoms with van der Waals surface area (Å²) in [6, 6.07) is -5.97. The number of hydrogen-bond acceptors (Lipinski definition) is 0. The summed E-state index contributed by atoms with van der Waals surface area (Å²) in [5, 5.41) is -0.407. The van der Waals surface area contributed by atoms with Crippen molar-refractivity contribution in [2.24, 2.45) is 0 Å². The maximum atomic E-state index is 8.60. The largest absolute Gasteiger partial charge is 0.0630 e. The lowest BCUT2D eigenvalue weighted by molar-refractivity contribution is 1.73. The predicted molar refractivity (Wildman–Crippen MR) is 85.9 cm³/mol. The molecule has 20 heavy (non-hydrogen) atoms. The monoisotopic (exact) mass is 264 g/mol. The minimum atomic E-state index is -0.576. The van der Waals surface area contributed by atoms with E-state index in [1.165, 1.54) is 0 Å². The van der Waals surface area contributed by atoms with E-state index in [4.69, 9.17) is 16.4 Å². The van der Waals surface area contributed by atoms with E-state index in [1.807, 2.05) is 0 Å². The van der Waals surface area contributed by atoms with Crippen LogP contribution in [0.5, 0.6) is 0 Å². The summed E-state index contributed by atoms with van der Waals surface area (Å²) in [5.74, 6) is 0. The summed E-state index contributed by atoms with van der Waals surface area (Å²) in [5.41, 5.74) is -0.0909. The summed E-state index contributed by atoms with van der Waals surface area (Å²) in [4.78, 5) is 0. The molecule has 0 bridgehead atoms. The highest BCUT2D eigenvalue weighted by molar-refractivity contribution is 6.21. The van der Waals surface area contributed by atoms with Crippen LogP contribution in [-0.2, 0) is 0 Å². The van der Waals surface area contributed by atoms with Crippen molar-refractivity contribution in [1.82, 2.24) is 0 Å². The maximum Gasteiger partial charge on any atom is 0.0630 e. The molecule has 4 aromatic carbocycles. The number of rotatable bonds is 0. The number of hydrogen-bond donors (Lipinski definition) is 0. The maximum absolute atomic E-state index is 8.60. The van der Waals surface area contributed by atoms with E-state index in [2.05, 4.69) is 0 Å². The third kappa shape index (κ3) is 1.12. The third-order valence-corrected chi connectivity index (χ3v) is 3.50. The van der Waals surface area contributed by atoms with Crippen molar-refractivity contribution < 1.29 is 16.4 Å². The molecule has 0 heteroatoms. The molecule has 4 aromatic rings. The normalized spacial score (nSPS) is 20.4. The smallest absolute Gasteiger partial charge is 0.0616 e. The Morgan fingerprint density at radius 3 is 2.20 bits per heavy atom. The lowest BCUT2D eigenvalue weighted by Gasteiger charge is -2.06. The summed E-state index contributed by atoms with van der Waals surface area (Å²) in [7, 11) is 0. The van der Waals surface area contributed by atoms with Gasteiger partial charge in [0.05, 0.1) is 16.4 Å². The average Bonchev–Trinajstić information content (AvgIpc) is 3.11. The molecule has 0 atom stereocenters. The van der Waals surface area contributed by atoms with Crippen molar-refractivity contribution in [2.45, 2.75) is 0 Å². The van der Waals surface area contributed by atoms with E-state index in [0.29, 0.717) is 0 Å². The molecule has 0 aromatic heterocycles. The fourth-order valence-corrected chi connectivity index (χ4v) is 2.69. The highest BCUT2D eigenvalue weighted by atomic mass is 14.2. The van der Waals surface area contributed by atoms with Gasteiger partial charge >= 0.3 is 0 Å². The van der Waals surface area contributed by atoms with Crippen LogP contribution in [0.15, 0.2) is 72.5 Å². The summed E-state index contributed by atoms with van der Waals surface area (Å²) < 4.78 is 99.8. The van der Waals surface area contributed by atoms with Crippen LogP contribution < -0.4 is 0 Å². The molecule has 0 N–H and O–H groups in total. The van der Waals surface area contributed by atoms with E-state index in [1.54, 1.807) is 0 Å². The fourth-order valence-electron chi connectivity index (χ4n) is 2.69. The summed E-state index contributed by atoms with van der Waals surface area (Å²) in [6.45, 7) is 0. The first-order valence-corrected chi connectivity index (χ1v) is 6.00. The van der Waals surface area contributed by atoms with Crippen molar-refractivity contribution in [3.63, 3.8) is 0 Å². The van der Waals surface area contributed by atoms with E-state index < -0.39 is 72.5 Å². The quantitative estimate of drug-likeness (QED) is 0.339. The predicted octanol–water partition coefficient (Wildman–Crippen LogP) is 5.64. The van der Waals surface area contributed by atoms with Crippen LogP contribution in [0.3, 0.4) is 0 Å². The van der Waals surface area contributed by atoms with Crippen molar-refractivity contribution in [3.8, 4) is 22.3 Å². The number of fused-ring (bicyclic) bond motifs is 5. The van der Waals surface area contributed by atoms with Crippen molar-refractivity contribution >= 4 is 21.5 Å². The fraction of sp³-hybridized carbons (Fsp3) is 0. The Bertz CT molecular complexity index is 1580. The molecule has 0 aliphatic heterocycles. The lowest BCUT2D eigenvalue weighted by atomic mass is 9.97. The van der Waals surface area contributed by atoms with Gasteiger partial charge < -0.3 is 0 Å². The Kier molecular flexibility index (Phi) is 0.731. The van der Waals surface area contributed by atoms with Crippen molar-refractivity contribution in [3.05, 3.63) is 72.5 Å². The molecular formula is C20H12. The van der Waals surface area contributed by atoms with E-state index in [0.717, 1.165) is 0 Å². The van der Waals surface area contributed by atoms with Gasteiger partial charge in [-0.15, -0.1) is 0 Å². The summed E-state index contributed by atoms with van der Waals surface area (Å²) in [6.07, 6.45) is 0. The number of benzene rings is 4. The standard InChI is InChI=1S/C20H12/c1-2-8-15-13(5-1)11-12-17-16-9-3-6-14-7-4-10-18(19(14)16)20(15)17/h1-12H/i1D,2D,3D,4D,5D,6D,7D,8D,9D,10D,11D,12D. The van der Waals surface area contributed by atoms with E-state index in [9.17, 15) is 0 Å². The minimum Gasteiger partial charge on any atom is -0.0616 e. The van der Waals surface area contributed by atoms with Crippen LogP contribution in [0.25, 0.3) is 43.8 Å². The Labute approximate surface area is 134 Å². The second kappa shape index (κ2) is 3.49. The van der Waals surface area contributed by atoms with Gasteiger partial charge in [0, 0.05) is 0 Å². The van der Waals surface area contributed by atoms with E-state index in [-0.39, 0.29) is 43.8 Å². The Balaban J connectivity index is 2.24. The highest BCUT2D eigenvalue weighted by Crippen LogP contribution is 2.49. The molecular weight excluding hydrogens is 240 g/mol. The first-order chi connectivity index (χ1) is 14.9. The lowest BCUT2D eigenvalue weighted by Crippen LogP contribution is -1.80. The Morgan fingerprint density at radius 1 is 0.550 bits per heavy atom. The second-order valence-electron chi connectivity index (χ2n) is 4.50. The van der Waals surface area contributed by atoms with Crippen LogP contribution in [0, 0.1) is 0 Å². The molecule has 0 fully saturated rings. The first kappa shape index (κ1) is 4.20. The zero-order chi connectivity index (χ0) is 23.5. The van der Waals surface area contributed by atoms with Crippen LogP contribution in [0.4, 0.5) is 0 Å². The third-order valence-electron chi connectivity index (χ3n) is 3.50. The SMILES string of the molecule is [2H]c1c([2H])c([2H])c2c3c(c([2H])c([2H])c2c1[2H])-c1c([2H])c([2H])c([2H])c2c([2H])c([2H])c([2H])c-3c12. The zero-order valence-electron chi connectivity index (χ0n) is 22.0. The van der Waals surface area contributed by atoms with Gasteiger partial charge in [0.2, 0.25) is 0 Å². The Morgan fingerprint density at radius 2 is 1.30 bits per heavy atom. The molecule has 0 heterocycles. The molecule has 0 radical (unpaired) electrons. The first-order valence-electron chi connectivity index (χ1n) is 12.0. The van der Waals surface area contributed by atoms with Gasteiger partial charge in [-0.1, -0.05) is 72.5 Å². The van der Waals surface area contributed by atoms with Crippen molar-refractivity contribution in [1.29, 1.82) is 0 Å². The second-order valence-corrected chi connectivity index (χ2v) is 4.50. The van der Waals surface area contributed by atoms with Gasteiger partial charge in [0.25, 0.3) is 0 Å². The van der Waals surface area contributed by atoms with Crippen LogP contribution in [0.1, 0.15) is 16.4 Å². The van der Waals surface area contributed by atoms with Gasteiger partial charge in [-0.3, -0.25) is 0 Å². The molecule has 0 saturated carbocycles. The van der Waals surface area contributed by atoms with Gasteiger partial charge in [-0.2, -0.15) is 0 Å². The molecule has 92 valence electrons. The average molecular weight is 264 g/mol. The zero-order valence-corrected chi connectivity index (χ0v) is 10.0. The van der Waals surface area contributed by atoms with Crippen LogP contribution >= 0.6 is 0 Å². The van der Waals surface area contributed by atoms with Gasteiger partial charge in [0.1, 0.15) is 0 Å². The van der Waals surface area contributed by atoms with Crippen molar-refractivity contribution in [2.75, 3.05) is 0 Å². The van der Waals surface area contributed by atoms with Gasteiger partial charge in [-0.05, 0) is 43.8 Å². The molecule has 0 spiro atoms. The molecule has 1 aliphatic carbocycles. The van der Waals surface area contributed by atoms with Gasteiger partial charge in [0.15, 0.2) is 0 Å². The Hall–Kier alpha value is -2.60. The summed E-state index contributed by atoms with van der Waals surface area (Å²) >= 11 is 0. The minimum absolute atomic E-state index is 0.00463. The van der Waals surface area contributed by atoms with Gasteiger partial charge in [-0.25, -0.2) is 0 Å². The van der Waals surface area contributed by atoms with E-state index >= 15 is 0 Å². The molecule has 5 rings (SSSR count). The molecule has 0 nitrogen and oxygen atoms in total.